The molecule has 0 unspecified atom stereocenters. The van der Waals surface area contributed by atoms with Crippen LogP contribution in [0.15, 0.2) is 170 Å². The summed E-state index contributed by atoms with van der Waals surface area (Å²) in [5.74, 6) is 0. The molecular formula is C49H40N2. The van der Waals surface area contributed by atoms with Gasteiger partial charge in [-0.25, -0.2) is 0 Å². The Labute approximate surface area is 300 Å². The first kappa shape index (κ1) is 30.9. The van der Waals surface area contributed by atoms with E-state index in [1.54, 1.807) is 0 Å². The predicted octanol–water partition coefficient (Wildman–Crippen LogP) is 13.3. The van der Waals surface area contributed by atoms with Crippen LogP contribution in [0, 0.1) is 6.92 Å². The highest BCUT2D eigenvalue weighted by Gasteiger charge is 2.35. The summed E-state index contributed by atoms with van der Waals surface area (Å²) in [6.07, 6.45) is 0. The maximum Gasteiger partial charge on any atom is 0.0518 e. The molecule has 0 fully saturated rings. The first-order valence-corrected chi connectivity index (χ1v) is 17.8. The van der Waals surface area contributed by atoms with Crippen LogP contribution in [0.3, 0.4) is 0 Å². The highest BCUT2D eigenvalue weighted by atomic mass is 15.1. The van der Waals surface area contributed by atoms with Crippen molar-refractivity contribution in [2.75, 3.05) is 4.90 Å². The van der Waals surface area contributed by atoms with E-state index in [9.17, 15) is 0 Å². The number of aromatic nitrogens is 1. The van der Waals surface area contributed by atoms with E-state index in [4.69, 9.17) is 0 Å². The molecule has 0 radical (unpaired) electrons. The minimum Gasteiger partial charge on any atom is -0.343 e. The number of hydrogen-bond donors (Lipinski definition) is 0. The number of hydrogen-bond acceptors (Lipinski definition) is 1. The first-order valence-electron chi connectivity index (χ1n) is 17.8. The van der Waals surface area contributed by atoms with E-state index < -0.39 is 0 Å². The highest BCUT2D eigenvalue weighted by molar-refractivity contribution is 5.95. The number of anilines is 3. The van der Waals surface area contributed by atoms with Gasteiger partial charge >= 0.3 is 0 Å². The standard InChI is InChI=1S/C49H40N2/c1-33-44-31-38(23-30-47(44)50(4)48(33)37-15-9-6-10-16-37)36-21-26-40(27-22-36)51(39-24-19-35(20-25-39)34-13-7-5-8-14-34)41-28-29-43-42-17-11-12-18-45(42)49(2,3)46(43)32-41/h5-32H,1-4H3. The summed E-state index contributed by atoms with van der Waals surface area (Å²) in [5.41, 5.74) is 18.7. The number of nitrogens with zero attached hydrogens (tertiary/aromatic N) is 2. The van der Waals surface area contributed by atoms with Crippen molar-refractivity contribution in [3.05, 3.63) is 187 Å². The Morgan fingerprint density at radius 2 is 0.961 bits per heavy atom. The molecule has 0 saturated carbocycles. The molecule has 0 amide bonds. The first-order chi connectivity index (χ1) is 24.9. The van der Waals surface area contributed by atoms with Gasteiger partial charge in [-0.15, -0.1) is 0 Å². The van der Waals surface area contributed by atoms with Crippen molar-refractivity contribution in [3.63, 3.8) is 0 Å². The van der Waals surface area contributed by atoms with Gasteiger partial charge in [0.25, 0.3) is 0 Å². The fourth-order valence-corrected chi connectivity index (χ4v) is 8.33. The summed E-state index contributed by atoms with van der Waals surface area (Å²) in [6, 6.07) is 62.1. The van der Waals surface area contributed by atoms with Gasteiger partial charge in [0.05, 0.1) is 5.69 Å². The van der Waals surface area contributed by atoms with Crippen LogP contribution in [0.5, 0.6) is 0 Å². The molecule has 1 aliphatic rings. The molecule has 7 aromatic carbocycles. The van der Waals surface area contributed by atoms with Gasteiger partial charge < -0.3 is 9.47 Å². The molecular weight excluding hydrogens is 617 g/mol. The van der Waals surface area contributed by atoms with E-state index in [1.807, 2.05) is 0 Å². The van der Waals surface area contributed by atoms with E-state index in [0.29, 0.717) is 0 Å². The molecule has 1 heterocycles. The lowest BCUT2D eigenvalue weighted by atomic mass is 9.82. The molecule has 246 valence electrons. The number of fused-ring (bicyclic) bond motifs is 4. The zero-order chi connectivity index (χ0) is 34.7. The Morgan fingerprint density at radius 1 is 0.451 bits per heavy atom. The van der Waals surface area contributed by atoms with Gasteiger partial charge in [0.2, 0.25) is 0 Å². The summed E-state index contributed by atoms with van der Waals surface area (Å²) in [5, 5.41) is 1.29. The fraction of sp³-hybridized carbons (Fsp3) is 0.102. The summed E-state index contributed by atoms with van der Waals surface area (Å²) >= 11 is 0. The molecule has 51 heavy (non-hydrogen) atoms. The minimum atomic E-state index is -0.0801. The van der Waals surface area contributed by atoms with E-state index in [0.717, 1.165) is 17.1 Å². The zero-order valence-corrected chi connectivity index (χ0v) is 29.6. The molecule has 1 aromatic heterocycles. The van der Waals surface area contributed by atoms with Gasteiger partial charge in [0.15, 0.2) is 0 Å². The second-order valence-corrected chi connectivity index (χ2v) is 14.3. The predicted molar refractivity (Wildman–Crippen MR) is 216 cm³/mol. The molecule has 0 aliphatic heterocycles. The van der Waals surface area contributed by atoms with Crippen molar-refractivity contribution in [2.24, 2.45) is 7.05 Å². The Morgan fingerprint density at radius 3 is 1.63 bits per heavy atom. The van der Waals surface area contributed by atoms with Gasteiger partial charge in [-0.2, -0.15) is 0 Å². The molecule has 0 N–H and O–H groups in total. The maximum atomic E-state index is 2.41. The molecule has 0 saturated heterocycles. The molecule has 1 aliphatic carbocycles. The van der Waals surface area contributed by atoms with E-state index in [2.05, 4.69) is 207 Å². The molecule has 9 rings (SSSR count). The highest BCUT2D eigenvalue weighted by Crippen LogP contribution is 2.50. The van der Waals surface area contributed by atoms with Crippen LogP contribution in [0.2, 0.25) is 0 Å². The molecule has 0 spiro atoms. The Balaban J connectivity index is 1.12. The van der Waals surface area contributed by atoms with E-state index >= 15 is 0 Å². The smallest absolute Gasteiger partial charge is 0.0518 e. The molecule has 8 aromatic rings. The lowest BCUT2D eigenvalue weighted by Gasteiger charge is -2.28. The van der Waals surface area contributed by atoms with Gasteiger partial charge in [-0.3, -0.25) is 0 Å². The molecule has 2 nitrogen and oxygen atoms in total. The molecule has 2 heteroatoms. The van der Waals surface area contributed by atoms with Gasteiger partial charge in [0, 0.05) is 40.4 Å². The lowest BCUT2D eigenvalue weighted by molar-refractivity contribution is 0.660. The second-order valence-electron chi connectivity index (χ2n) is 14.3. The van der Waals surface area contributed by atoms with Crippen LogP contribution >= 0.6 is 0 Å². The summed E-state index contributed by atoms with van der Waals surface area (Å²) in [4.78, 5) is 2.40. The largest absolute Gasteiger partial charge is 0.343 e. The van der Waals surface area contributed by atoms with Crippen LogP contribution in [0.25, 0.3) is 55.5 Å². The SMILES string of the molecule is Cc1c(-c2ccccc2)n(C)c2ccc(-c3ccc(N(c4ccc(-c5ccccc5)cc4)c4ccc5c(c4)C(C)(C)c4ccccc4-5)cc3)cc12. The number of aryl methyl sites for hydroxylation is 2. The van der Waals surface area contributed by atoms with Crippen molar-refractivity contribution >= 4 is 28.0 Å². The third-order valence-electron chi connectivity index (χ3n) is 11.0. The normalized spacial score (nSPS) is 12.9. The van der Waals surface area contributed by atoms with E-state index in [-0.39, 0.29) is 5.41 Å². The quantitative estimate of drug-likeness (QED) is 0.173. The zero-order valence-electron chi connectivity index (χ0n) is 29.6. The summed E-state index contributed by atoms with van der Waals surface area (Å²) < 4.78 is 2.32. The molecule has 0 atom stereocenters. The van der Waals surface area contributed by atoms with Crippen LogP contribution in [0.1, 0.15) is 30.5 Å². The van der Waals surface area contributed by atoms with Crippen LogP contribution in [0.4, 0.5) is 17.1 Å². The fourth-order valence-electron chi connectivity index (χ4n) is 8.33. The van der Waals surface area contributed by atoms with Crippen molar-refractivity contribution in [1.29, 1.82) is 0 Å². The van der Waals surface area contributed by atoms with Crippen LogP contribution < -0.4 is 4.90 Å². The lowest BCUT2D eigenvalue weighted by Crippen LogP contribution is -2.16. The van der Waals surface area contributed by atoms with Crippen LogP contribution in [-0.2, 0) is 12.5 Å². The maximum absolute atomic E-state index is 2.41. The summed E-state index contributed by atoms with van der Waals surface area (Å²) in [6.45, 7) is 6.95. The van der Waals surface area contributed by atoms with Gasteiger partial charge in [-0.1, -0.05) is 135 Å². The monoisotopic (exact) mass is 656 g/mol. The van der Waals surface area contributed by atoms with Crippen molar-refractivity contribution in [2.45, 2.75) is 26.2 Å². The van der Waals surface area contributed by atoms with Gasteiger partial charge in [-0.05, 0) is 111 Å². The Bertz CT molecular complexity index is 2540. The van der Waals surface area contributed by atoms with Crippen molar-refractivity contribution < 1.29 is 0 Å². The average Bonchev–Trinajstić information content (AvgIpc) is 3.57. The van der Waals surface area contributed by atoms with E-state index in [1.165, 1.54) is 72.2 Å². The van der Waals surface area contributed by atoms with Crippen LogP contribution in [-0.4, -0.2) is 4.57 Å². The molecule has 0 bridgehead atoms. The van der Waals surface area contributed by atoms with Crippen molar-refractivity contribution in [3.8, 4) is 44.6 Å². The minimum absolute atomic E-state index is 0.0801. The summed E-state index contributed by atoms with van der Waals surface area (Å²) in [7, 11) is 2.17. The topological polar surface area (TPSA) is 8.17 Å². The van der Waals surface area contributed by atoms with Gasteiger partial charge in [0.1, 0.15) is 0 Å². The average molecular weight is 657 g/mol. The Hall–Kier alpha value is -6.12. The number of benzene rings is 7. The third-order valence-corrected chi connectivity index (χ3v) is 11.0. The Kier molecular flexibility index (Phi) is 7.29. The number of rotatable bonds is 6. The second kappa shape index (κ2) is 12.0. The van der Waals surface area contributed by atoms with Crippen molar-refractivity contribution in [1.82, 2.24) is 4.57 Å². The third kappa shape index (κ3) is 5.10.